The highest BCUT2D eigenvalue weighted by atomic mass is 79.9. The molecule has 0 saturated carbocycles. The third-order valence-corrected chi connectivity index (χ3v) is 2.93. The first-order chi connectivity index (χ1) is 7.00. The van der Waals surface area contributed by atoms with Gasteiger partial charge < -0.3 is 11.1 Å². The molecule has 15 heavy (non-hydrogen) atoms. The third-order valence-electron chi connectivity index (χ3n) is 1.60. The van der Waals surface area contributed by atoms with E-state index in [9.17, 15) is 4.79 Å². The van der Waals surface area contributed by atoms with Crippen LogP contribution in [0.15, 0.2) is 27.1 Å². The molecule has 1 rings (SSSR count). The van der Waals surface area contributed by atoms with Crippen molar-refractivity contribution in [1.29, 1.82) is 0 Å². The Morgan fingerprint density at radius 3 is 2.73 bits per heavy atom. The van der Waals surface area contributed by atoms with Crippen LogP contribution in [0, 0.1) is 0 Å². The molecular formula is C9H8Br2N2OS. The van der Waals surface area contributed by atoms with Crippen LogP contribution in [0.3, 0.4) is 0 Å². The van der Waals surface area contributed by atoms with Crippen molar-refractivity contribution >= 4 is 55.0 Å². The van der Waals surface area contributed by atoms with Crippen LogP contribution in [0.2, 0.25) is 0 Å². The van der Waals surface area contributed by atoms with Gasteiger partial charge in [0.05, 0.1) is 17.1 Å². The maximum absolute atomic E-state index is 11.6. The molecule has 1 aromatic rings. The molecule has 0 heterocycles. The van der Waals surface area contributed by atoms with Gasteiger partial charge in [0.15, 0.2) is 0 Å². The van der Waals surface area contributed by atoms with Crippen molar-refractivity contribution in [3.05, 3.63) is 32.7 Å². The van der Waals surface area contributed by atoms with Gasteiger partial charge in [0.25, 0.3) is 5.91 Å². The monoisotopic (exact) mass is 350 g/mol. The molecule has 0 unspecified atom stereocenters. The van der Waals surface area contributed by atoms with E-state index in [1.807, 2.05) is 6.07 Å². The lowest BCUT2D eigenvalue weighted by atomic mass is 10.2. The molecule has 0 aliphatic heterocycles. The number of halogens is 2. The highest BCUT2D eigenvalue weighted by Crippen LogP contribution is 2.21. The van der Waals surface area contributed by atoms with Gasteiger partial charge in [0.1, 0.15) is 0 Å². The van der Waals surface area contributed by atoms with Crippen LogP contribution in [0.4, 0.5) is 0 Å². The molecule has 6 heteroatoms. The van der Waals surface area contributed by atoms with Crippen LogP contribution in [-0.2, 0) is 0 Å². The van der Waals surface area contributed by atoms with Crippen LogP contribution in [-0.4, -0.2) is 17.4 Å². The second-order valence-electron chi connectivity index (χ2n) is 2.77. The fourth-order valence-electron chi connectivity index (χ4n) is 0.934. The molecule has 0 bridgehead atoms. The Morgan fingerprint density at radius 2 is 2.13 bits per heavy atom. The van der Waals surface area contributed by atoms with Crippen molar-refractivity contribution in [2.45, 2.75) is 0 Å². The number of nitrogens with two attached hydrogens (primary N) is 1. The molecule has 0 aromatic heterocycles. The number of carbonyl (C=O) groups excluding carboxylic acids is 1. The molecule has 3 nitrogen and oxygen atoms in total. The number of rotatable bonds is 3. The minimum atomic E-state index is -0.212. The number of nitrogens with one attached hydrogen (secondary N) is 1. The fraction of sp³-hybridized carbons (Fsp3) is 0.111. The average Bonchev–Trinajstić information content (AvgIpc) is 2.18. The van der Waals surface area contributed by atoms with Crippen LogP contribution in [0.1, 0.15) is 10.4 Å². The lowest BCUT2D eigenvalue weighted by Gasteiger charge is -2.06. The molecule has 1 amide bonds. The van der Waals surface area contributed by atoms with E-state index in [-0.39, 0.29) is 17.4 Å². The van der Waals surface area contributed by atoms with E-state index in [1.165, 1.54) is 0 Å². The number of amides is 1. The first-order valence-electron chi connectivity index (χ1n) is 4.02. The average molecular weight is 352 g/mol. The van der Waals surface area contributed by atoms with E-state index < -0.39 is 0 Å². The maximum Gasteiger partial charge on any atom is 0.252 e. The highest BCUT2D eigenvalue weighted by molar-refractivity contribution is 9.11. The Morgan fingerprint density at radius 1 is 1.47 bits per heavy atom. The van der Waals surface area contributed by atoms with Crippen molar-refractivity contribution in [3.8, 4) is 0 Å². The SMILES string of the molecule is NC(=S)CNC(=O)c1cc(Br)ccc1Br. The fourth-order valence-corrected chi connectivity index (χ4v) is 1.79. The predicted octanol–water partition coefficient (Wildman–Crippen LogP) is 2.23. The number of thiocarbonyl (C=S) groups is 1. The zero-order valence-corrected chi connectivity index (χ0v) is 11.6. The minimum absolute atomic E-state index is 0.202. The lowest BCUT2D eigenvalue weighted by Crippen LogP contribution is -2.32. The summed E-state index contributed by atoms with van der Waals surface area (Å²) in [6.07, 6.45) is 0. The Balaban J connectivity index is 2.81. The quantitative estimate of drug-likeness (QED) is 0.821. The zero-order valence-electron chi connectivity index (χ0n) is 7.59. The number of carbonyl (C=O) groups is 1. The first-order valence-corrected chi connectivity index (χ1v) is 6.01. The van der Waals surface area contributed by atoms with E-state index in [1.54, 1.807) is 12.1 Å². The molecule has 3 N–H and O–H groups in total. The van der Waals surface area contributed by atoms with E-state index in [0.717, 1.165) is 8.95 Å². The second kappa shape index (κ2) is 5.58. The summed E-state index contributed by atoms with van der Waals surface area (Å²) in [7, 11) is 0. The number of benzene rings is 1. The van der Waals surface area contributed by atoms with Gasteiger partial charge in [-0.1, -0.05) is 28.1 Å². The number of hydrogen-bond donors (Lipinski definition) is 2. The molecule has 0 aliphatic carbocycles. The van der Waals surface area contributed by atoms with Gasteiger partial charge in [0, 0.05) is 8.95 Å². The molecule has 80 valence electrons. The molecule has 0 fully saturated rings. The van der Waals surface area contributed by atoms with Gasteiger partial charge in [-0.3, -0.25) is 4.79 Å². The predicted molar refractivity (Wildman–Crippen MR) is 71.0 cm³/mol. The van der Waals surface area contributed by atoms with Crippen LogP contribution in [0.5, 0.6) is 0 Å². The van der Waals surface area contributed by atoms with Crippen molar-refractivity contribution in [2.24, 2.45) is 5.73 Å². The molecule has 1 aromatic carbocycles. The Kier molecular flexibility index (Phi) is 4.69. The van der Waals surface area contributed by atoms with Crippen molar-refractivity contribution in [1.82, 2.24) is 5.32 Å². The van der Waals surface area contributed by atoms with Gasteiger partial charge in [-0.05, 0) is 34.1 Å². The van der Waals surface area contributed by atoms with Crippen molar-refractivity contribution < 1.29 is 4.79 Å². The normalized spacial score (nSPS) is 9.73. The number of hydrogen-bond acceptors (Lipinski definition) is 2. The second-order valence-corrected chi connectivity index (χ2v) is 5.07. The first kappa shape index (κ1) is 12.6. The summed E-state index contributed by atoms with van der Waals surface area (Å²) in [6, 6.07) is 5.35. The topological polar surface area (TPSA) is 55.1 Å². The Hall–Kier alpha value is -0.460. The molecule has 0 saturated heterocycles. The summed E-state index contributed by atoms with van der Waals surface area (Å²) < 4.78 is 1.57. The molecule has 0 atom stereocenters. The summed E-state index contributed by atoms with van der Waals surface area (Å²) >= 11 is 11.3. The minimum Gasteiger partial charge on any atom is -0.392 e. The standard InChI is InChI=1S/C9H8Br2N2OS/c10-5-1-2-7(11)6(3-5)9(14)13-4-8(12)15/h1-3H,4H2,(H2,12,15)(H,13,14). The van der Waals surface area contributed by atoms with E-state index in [4.69, 9.17) is 5.73 Å². The van der Waals surface area contributed by atoms with Gasteiger partial charge in [0.2, 0.25) is 0 Å². The highest BCUT2D eigenvalue weighted by Gasteiger charge is 2.09. The van der Waals surface area contributed by atoms with E-state index >= 15 is 0 Å². The largest absolute Gasteiger partial charge is 0.392 e. The van der Waals surface area contributed by atoms with Gasteiger partial charge in [-0.15, -0.1) is 0 Å². The summed E-state index contributed by atoms with van der Waals surface area (Å²) in [6.45, 7) is 0.202. The molecule has 0 aliphatic rings. The summed E-state index contributed by atoms with van der Waals surface area (Å²) in [4.78, 5) is 11.9. The van der Waals surface area contributed by atoms with Crippen LogP contribution < -0.4 is 11.1 Å². The van der Waals surface area contributed by atoms with E-state index in [2.05, 4.69) is 49.4 Å². The van der Waals surface area contributed by atoms with Gasteiger partial charge in [-0.25, -0.2) is 0 Å². The summed E-state index contributed by atoms with van der Waals surface area (Å²) in [5.74, 6) is -0.212. The zero-order chi connectivity index (χ0) is 11.4. The van der Waals surface area contributed by atoms with Crippen LogP contribution in [0.25, 0.3) is 0 Å². The van der Waals surface area contributed by atoms with Gasteiger partial charge >= 0.3 is 0 Å². The summed E-state index contributed by atoms with van der Waals surface area (Å²) in [5, 5.41) is 2.61. The Labute approximate surface area is 110 Å². The van der Waals surface area contributed by atoms with E-state index in [0.29, 0.717) is 5.56 Å². The molecule has 0 radical (unpaired) electrons. The molecular weight excluding hydrogens is 344 g/mol. The van der Waals surface area contributed by atoms with Crippen molar-refractivity contribution in [2.75, 3.05) is 6.54 Å². The van der Waals surface area contributed by atoms with Crippen LogP contribution >= 0.6 is 44.1 Å². The molecule has 0 spiro atoms. The lowest BCUT2D eigenvalue weighted by molar-refractivity contribution is 0.0958. The van der Waals surface area contributed by atoms with Gasteiger partial charge in [-0.2, -0.15) is 0 Å². The van der Waals surface area contributed by atoms with Crippen molar-refractivity contribution in [3.63, 3.8) is 0 Å². The maximum atomic E-state index is 11.6. The summed E-state index contributed by atoms with van der Waals surface area (Å²) in [5.41, 5.74) is 5.82. The smallest absolute Gasteiger partial charge is 0.252 e. The Bertz CT molecular complexity index is 409. The third kappa shape index (κ3) is 3.89.